The Labute approximate surface area is 162 Å². The molecule has 0 saturated carbocycles. The number of pyridine rings is 1. The Hall–Kier alpha value is -2.01. The minimum Gasteiger partial charge on any atom is -0.490 e. The summed E-state index contributed by atoms with van der Waals surface area (Å²) in [4.78, 5) is 4.57. The molecule has 1 aromatic heterocycles. The van der Waals surface area contributed by atoms with E-state index in [0.717, 1.165) is 16.6 Å². The fourth-order valence-electron chi connectivity index (χ4n) is 2.53. The Balaban J connectivity index is 1.86. The van der Waals surface area contributed by atoms with E-state index in [1.54, 1.807) is 12.1 Å². The van der Waals surface area contributed by atoms with Crippen molar-refractivity contribution in [2.45, 2.75) is 26.5 Å². The molecule has 136 valence electrons. The van der Waals surface area contributed by atoms with Gasteiger partial charge < -0.3 is 15.2 Å². The van der Waals surface area contributed by atoms with Crippen LogP contribution >= 0.6 is 23.2 Å². The lowest BCUT2D eigenvalue weighted by Crippen LogP contribution is -2.23. The number of para-hydroxylation sites is 1. The fourth-order valence-corrected chi connectivity index (χ4v) is 3.06. The molecule has 0 saturated heterocycles. The average Bonchev–Trinajstić information content (AvgIpc) is 2.61. The van der Waals surface area contributed by atoms with E-state index in [1.165, 1.54) is 0 Å². The van der Waals surface area contributed by atoms with Crippen LogP contribution in [0.3, 0.4) is 0 Å². The first-order chi connectivity index (χ1) is 12.5. The highest BCUT2D eigenvalue weighted by atomic mass is 35.5. The molecule has 2 N–H and O–H groups in total. The lowest BCUT2D eigenvalue weighted by Gasteiger charge is -2.15. The van der Waals surface area contributed by atoms with Crippen molar-refractivity contribution in [3.05, 3.63) is 63.8 Å². The SMILES string of the molecule is Cc1ccc2cccc(OCc3c(Cl)ccc(OCC(C)N)c3Cl)c2n1. The van der Waals surface area contributed by atoms with Crippen molar-refractivity contribution in [2.75, 3.05) is 6.61 Å². The average molecular weight is 391 g/mol. The summed E-state index contributed by atoms with van der Waals surface area (Å²) in [6.07, 6.45) is 0. The second-order valence-electron chi connectivity index (χ2n) is 6.20. The second kappa shape index (κ2) is 8.12. The van der Waals surface area contributed by atoms with Gasteiger partial charge in [0.15, 0.2) is 0 Å². The summed E-state index contributed by atoms with van der Waals surface area (Å²) in [5.74, 6) is 1.22. The van der Waals surface area contributed by atoms with E-state index in [0.29, 0.717) is 33.7 Å². The first-order valence-corrected chi connectivity index (χ1v) is 9.05. The van der Waals surface area contributed by atoms with Crippen LogP contribution in [-0.4, -0.2) is 17.6 Å². The van der Waals surface area contributed by atoms with E-state index < -0.39 is 0 Å². The summed E-state index contributed by atoms with van der Waals surface area (Å²) in [5.41, 5.74) is 8.14. The maximum atomic E-state index is 6.46. The van der Waals surface area contributed by atoms with Gasteiger partial charge in [0.25, 0.3) is 0 Å². The topological polar surface area (TPSA) is 57.4 Å². The second-order valence-corrected chi connectivity index (χ2v) is 6.98. The molecule has 4 nitrogen and oxygen atoms in total. The molecule has 1 atom stereocenters. The van der Waals surface area contributed by atoms with Crippen LogP contribution in [0.2, 0.25) is 10.0 Å². The van der Waals surface area contributed by atoms with Gasteiger partial charge in [0.1, 0.15) is 30.2 Å². The standard InChI is InChI=1S/C20H20Cl2N2O2/c1-12(23)10-25-17-9-8-16(21)15(19(17)22)11-26-18-5-3-4-14-7-6-13(2)24-20(14)18/h3-9,12H,10-11,23H2,1-2H3. The van der Waals surface area contributed by atoms with Crippen LogP contribution < -0.4 is 15.2 Å². The number of hydrogen-bond acceptors (Lipinski definition) is 4. The number of benzene rings is 2. The summed E-state index contributed by atoms with van der Waals surface area (Å²) in [6.45, 7) is 4.39. The monoisotopic (exact) mass is 390 g/mol. The molecule has 1 unspecified atom stereocenters. The lowest BCUT2D eigenvalue weighted by molar-refractivity contribution is 0.291. The first kappa shape index (κ1) is 18.8. The van der Waals surface area contributed by atoms with Gasteiger partial charge in [-0.2, -0.15) is 0 Å². The highest BCUT2D eigenvalue weighted by Crippen LogP contribution is 2.35. The Kier molecular flexibility index (Phi) is 5.87. The van der Waals surface area contributed by atoms with Gasteiger partial charge in [0, 0.05) is 27.7 Å². The molecule has 3 aromatic rings. The fraction of sp³-hybridized carbons (Fsp3) is 0.250. The maximum absolute atomic E-state index is 6.46. The van der Waals surface area contributed by atoms with Crippen LogP contribution in [0.1, 0.15) is 18.2 Å². The third-order valence-corrected chi connectivity index (χ3v) is 4.62. The maximum Gasteiger partial charge on any atom is 0.146 e. The zero-order valence-corrected chi connectivity index (χ0v) is 16.1. The molecule has 0 spiro atoms. The van der Waals surface area contributed by atoms with Crippen LogP contribution in [0.5, 0.6) is 11.5 Å². The number of fused-ring (bicyclic) bond motifs is 1. The molecule has 26 heavy (non-hydrogen) atoms. The summed E-state index contributed by atoms with van der Waals surface area (Å²) in [7, 11) is 0. The number of halogens is 2. The van der Waals surface area contributed by atoms with Gasteiger partial charge >= 0.3 is 0 Å². The number of ether oxygens (including phenoxy) is 2. The summed E-state index contributed by atoms with van der Waals surface area (Å²) < 4.78 is 11.6. The van der Waals surface area contributed by atoms with Crippen molar-refractivity contribution < 1.29 is 9.47 Å². The molecule has 1 heterocycles. The molecule has 0 fully saturated rings. The molecule has 6 heteroatoms. The van der Waals surface area contributed by atoms with Crippen LogP contribution in [0.25, 0.3) is 10.9 Å². The van der Waals surface area contributed by atoms with Gasteiger partial charge in [-0.15, -0.1) is 0 Å². The molecule has 3 rings (SSSR count). The van der Waals surface area contributed by atoms with E-state index >= 15 is 0 Å². The Morgan fingerprint density at radius 1 is 1.04 bits per heavy atom. The number of nitrogens with zero attached hydrogens (tertiary/aromatic N) is 1. The first-order valence-electron chi connectivity index (χ1n) is 8.30. The number of aromatic nitrogens is 1. The van der Waals surface area contributed by atoms with Crippen molar-refractivity contribution >= 4 is 34.1 Å². The quantitative estimate of drug-likeness (QED) is 0.631. The van der Waals surface area contributed by atoms with Gasteiger partial charge in [-0.25, -0.2) is 4.98 Å². The summed E-state index contributed by atoms with van der Waals surface area (Å²) in [6, 6.07) is 13.2. The minimum absolute atomic E-state index is 0.0913. The van der Waals surface area contributed by atoms with E-state index in [-0.39, 0.29) is 12.6 Å². The third-order valence-electron chi connectivity index (χ3n) is 3.85. The van der Waals surface area contributed by atoms with Gasteiger partial charge in [-0.3, -0.25) is 0 Å². The number of aryl methyl sites for hydroxylation is 1. The smallest absolute Gasteiger partial charge is 0.146 e. The molecule has 0 aliphatic rings. The van der Waals surface area contributed by atoms with Gasteiger partial charge in [-0.05, 0) is 38.1 Å². The predicted octanol–water partition coefficient (Wildman–Crippen LogP) is 5.16. The molecule has 0 aliphatic heterocycles. The molecule has 0 radical (unpaired) electrons. The molecule has 0 aliphatic carbocycles. The number of nitrogens with two attached hydrogens (primary N) is 1. The van der Waals surface area contributed by atoms with E-state index in [1.807, 2.05) is 44.2 Å². The zero-order chi connectivity index (χ0) is 18.7. The zero-order valence-electron chi connectivity index (χ0n) is 14.6. The largest absolute Gasteiger partial charge is 0.490 e. The highest BCUT2D eigenvalue weighted by Gasteiger charge is 2.14. The van der Waals surface area contributed by atoms with Crippen LogP contribution in [0, 0.1) is 6.92 Å². The lowest BCUT2D eigenvalue weighted by atomic mass is 10.2. The predicted molar refractivity (Wildman–Crippen MR) is 106 cm³/mol. The molecular weight excluding hydrogens is 371 g/mol. The van der Waals surface area contributed by atoms with Gasteiger partial charge in [-0.1, -0.05) is 41.4 Å². The van der Waals surface area contributed by atoms with E-state index in [4.69, 9.17) is 38.4 Å². The summed E-state index contributed by atoms with van der Waals surface area (Å²) in [5, 5.41) is 1.97. The normalized spacial score (nSPS) is 12.2. The van der Waals surface area contributed by atoms with E-state index in [2.05, 4.69) is 4.98 Å². The third kappa shape index (κ3) is 4.21. The Morgan fingerprint density at radius 2 is 1.85 bits per heavy atom. The molecular formula is C20H20Cl2N2O2. The molecule has 2 aromatic carbocycles. The van der Waals surface area contributed by atoms with Crippen molar-refractivity contribution in [3.63, 3.8) is 0 Å². The Morgan fingerprint density at radius 3 is 2.62 bits per heavy atom. The van der Waals surface area contributed by atoms with Gasteiger partial charge in [0.2, 0.25) is 0 Å². The number of rotatable bonds is 6. The number of hydrogen-bond donors (Lipinski definition) is 1. The molecule has 0 bridgehead atoms. The van der Waals surface area contributed by atoms with Crippen molar-refractivity contribution in [1.82, 2.24) is 4.98 Å². The van der Waals surface area contributed by atoms with Crippen molar-refractivity contribution in [3.8, 4) is 11.5 Å². The van der Waals surface area contributed by atoms with Crippen LogP contribution in [0.15, 0.2) is 42.5 Å². The molecule has 0 amide bonds. The Bertz CT molecular complexity index is 929. The van der Waals surface area contributed by atoms with Crippen LogP contribution in [0.4, 0.5) is 0 Å². The summed E-state index contributed by atoms with van der Waals surface area (Å²) >= 11 is 12.8. The van der Waals surface area contributed by atoms with Gasteiger partial charge in [0.05, 0.1) is 5.02 Å². The highest BCUT2D eigenvalue weighted by molar-refractivity contribution is 6.36. The van der Waals surface area contributed by atoms with E-state index in [9.17, 15) is 0 Å². The van der Waals surface area contributed by atoms with Crippen molar-refractivity contribution in [2.24, 2.45) is 5.73 Å². The minimum atomic E-state index is -0.0913. The van der Waals surface area contributed by atoms with Crippen LogP contribution in [-0.2, 0) is 6.61 Å². The van der Waals surface area contributed by atoms with Crippen molar-refractivity contribution in [1.29, 1.82) is 0 Å².